The molecule has 0 fully saturated rings. The molecule has 4 heteroatoms. The van der Waals surface area contributed by atoms with Gasteiger partial charge in [-0.25, -0.2) is 0 Å². The molecule has 0 amide bonds. The minimum Gasteiger partial charge on any atom is -0.508 e. The lowest BCUT2D eigenvalue weighted by Gasteiger charge is -2.08. The fourth-order valence-electron chi connectivity index (χ4n) is 2.66. The molecule has 3 rings (SSSR count). The zero-order chi connectivity index (χ0) is 14.3. The van der Waals surface area contributed by atoms with Gasteiger partial charge in [0.05, 0.1) is 5.56 Å². The predicted octanol–water partition coefficient (Wildman–Crippen LogP) is 3.15. The molecule has 2 aromatic carbocycles. The van der Waals surface area contributed by atoms with Crippen molar-refractivity contribution in [3.63, 3.8) is 0 Å². The summed E-state index contributed by atoms with van der Waals surface area (Å²) >= 11 is 1.64. The average Bonchev–Trinajstić information content (AvgIpc) is 2.52. The summed E-state index contributed by atoms with van der Waals surface area (Å²) in [5.74, 6) is -0.254. The molecule has 1 aliphatic rings. The second kappa shape index (κ2) is 4.87. The molecule has 0 aromatic heterocycles. The molecule has 0 aliphatic heterocycles. The van der Waals surface area contributed by atoms with E-state index in [9.17, 15) is 15.0 Å². The van der Waals surface area contributed by atoms with E-state index in [1.165, 1.54) is 6.07 Å². The van der Waals surface area contributed by atoms with E-state index in [0.717, 1.165) is 16.0 Å². The molecular formula is C16H14O3S. The lowest BCUT2D eigenvalue weighted by Crippen LogP contribution is -2.04. The molecule has 0 spiro atoms. The summed E-state index contributed by atoms with van der Waals surface area (Å²) < 4.78 is 0. The monoisotopic (exact) mass is 286 g/mol. The third-order valence-corrected chi connectivity index (χ3v) is 4.33. The van der Waals surface area contributed by atoms with Crippen LogP contribution < -0.4 is 0 Å². The van der Waals surface area contributed by atoms with Crippen molar-refractivity contribution in [2.24, 2.45) is 0 Å². The first-order chi connectivity index (χ1) is 9.58. The Morgan fingerprint density at radius 3 is 2.55 bits per heavy atom. The first kappa shape index (κ1) is 13.1. The number of carbonyl (C=O) groups excluding carboxylic acids is 1. The molecule has 0 atom stereocenters. The molecule has 0 radical (unpaired) electrons. The van der Waals surface area contributed by atoms with Crippen molar-refractivity contribution in [2.75, 3.05) is 6.26 Å². The average molecular weight is 286 g/mol. The third kappa shape index (κ3) is 2.16. The topological polar surface area (TPSA) is 57.5 Å². The van der Waals surface area contributed by atoms with E-state index < -0.39 is 0 Å². The van der Waals surface area contributed by atoms with Gasteiger partial charge in [-0.05, 0) is 47.6 Å². The van der Waals surface area contributed by atoms with Gasteiger partial charge >= 0.3 is 0 Å². The van der Waals surface area contributed by atoms with Gasteiger partial charge in [-0.1, -0.05) is 6.07 Å². The smallest absolute Gasteiger partial charge is 0.171 e. The number of aromatic hydroxyl groups is 2. The Bertz CT molecular complexity index is 707. The minimum atomic E-state index is -0.136. The standard InChI is InChI=1S/C16H14O3S/c1-20-13-3-2-9-4-11-5-12(17)8-15(19)16(11)14(18)7-10(9)6-13/h2-3,5-6,8,17,19H,4,7H2,1H3. The van der Waals surface area contributed by atoms with E-state index in [4.69, 9.17) is 0 Å². The van der Waals surface area contributed by atoms with Gasteiger partial charge < -0.3 is 10.2 Å². The number of phenols is 2. The lowest BCUT2D eigenvalue weighted by atomic mass is 9.99. The number of ketones is 1. The second-order valence-corrected chi connectivity index (χ2v) is 5.79. The first-order valence-electron chi connectivity index (χ1n) is 6.32. The van der Waals surface area contributed by atoms with E-state index in [1.807, 2.05) is 24.5 Å². The van der Waals surface area contributed by atoms with Crippen molar-refractivity contribution in [1.29, 1.82) is 0 Å². The molecule has 1 aliphatic carbocycles. The highest BCUT2D eigenvalue weighted by Gasteiger charge is 2.23. The zero-order valence-corrected chi connectivity index (χ0v) is 11.8. The van der Waals surface area contributed by atoms with Crippen molar-refractivity contribution >= 4 is 17.5 Å². The van der Waals surface area contributed by atoms with Gasteiger partial charge in [-0.2, -0.15) is 0 Å². The number of benzene rings is 2. The minimum absolute atomic E-state index is 0.0155. The summed E-state index contributed by atoms with van der Waals surface area (Å²) in [5.41, 5.74) is 3.09. The highest BCUT2D eigenvalue weighted by Crippen LogP contribution is 2.34. The largest absolute Gasteiger partial charge is 0.508 e. The number of fused-ring (bicyclic) bond motifs is 2. The van der Waals surface area contributed by atoms with Gasteiger partial charge in [0, 0.05) is 17.4 Å². The van der Waals surface area contributed by atoms with E-state index in [-0.39, 0.29) is 23.7 Å². The van der Waals surface area contributed by atoms with Crippen LogP contribution in [-0.4, -0.2) is 22.3 Å². The molecule has 0 heterocycles. The van der Waals surface area contributed by atoms with Crippen LogP contribution in [0.3, 0.4) is 0 Å². The van der Waals surface area contributed by atoms with Gasteiger partial charge in [-0.3, -0.25) is 4.79 Å². The van der Waals surface area contributed by atoms with Gasteiger partial charge in [0.2, 0.25) is 0 Å². The summed E-state index contributed by atoms with van der Waals surface area (Å²) in [6.07, 6.45) is 2.83. The zero-order valence-electron chi connectivity index (χ0n) is 11.0. The number of phenolic OH excluding ortho intramolecular Hbond substituents is 2. The molecule has 0 unspecified atom stereocenters. The Hall–Kier alpha value is -1.94. The molecule has 3 nitrogen and oxygen atoms in total. The normalized spacial score (nSPS) is 13.6. The highest BCUT2D eigenvalue weighted by atomic mass is 32.2. The van der Waals surface area contributed by atoms with Crippen LogP contribution in [0, 0.1) is 0 Å². The molecule has 2 N–H and O–H groups in total. The SMILES string of the molecule is CSc1ccc2c(c1)CC(=O)c1c(O)cc(O)cc1C2. The summed E-state index contributed by atoms with van der Waals surface area (Å²) in [7, 11) is 0. The predicted molar refractivity (Wildman–Crippen MR) is 78.8 cm³/mol. The molecule has 0 saturated carbocycles. The molecule has 0 bridgehead atoms. The van der Waals surface area contributed by atoms with Crippen LogP contribution in [0.4, 0.5) is 0 Å². The number of Topliss-reactive ketones (excluding diaryl/α,β-unsaturated/α-hetero) is 1. The van der Waals surface area contributed by atoms with Crippen molar-refractivity contribution in [2.45, 2.75) is 17.7 Å². The van der Waals surface area contributed by atoms with Crippen LogP contribution >= 0.6 is 11.8 Å². The van der Waals surface area contributed by atoms with Gasteiger partial charge in [0.25, 0.3) is 0 Å². The summed E-state index contributed by atoms with van der Waals surface area (Å²) in [4.78, 5) is 13.5. The van der Waals surface area contributed by atoms with Crippen LogP contribution in [0.25, 0.3) is 0 Å². The maximum Gasteiger partial charge on any atom is 0.171 e. The lowest BCUT2D eigenvalue weighted by molar-refractivity contribution is 0.0990. The van der Waals surface area contributed by atoms with Crippen LogP contribution in [0.2, 0.25) is 0 Å². The van der Waals surface area contributed by atoms with Crippen LogP contribution in [0.5, 0.6) is 11.5 Å². The summed E-state index contributed by atoms with van der Waals surface area (Å²) in [6, 6.07) is 8.86. The van der Waals surface area contributed by atoms with Gasteiger partial charge in [-0.15, -0.1) is 11.8 Å². The first-order valence-corrected chi connectivity index (χ1v) is 7.55. The summed E-state index contributed by atoms with van der Waals surface area (Å²) in [6.45, 7) is 0. The Morgan fingerprint density at radius 2 is 1.80 bits per heavy atom. The van der Waals surface area contributed by atoms with E-state index in [2.05, 4.69) is 0 Å². The number of hydrogen-bond donors (Lipinski definition) is 2. The van der Waals surface area contributed by atoms with Crippen LogP contribution in [-0.2, 0) is 12.8 Å². The molecule has 20 heavy (non-hydrogen) atoms. The Morgan fingerprint density at radius 1 is 1.00 bits per heavy atom. The summed E-state index contributed by atoms with van der Waals surface area (Å²) in [5, 5.41) is 19.5. The Labute approximate surface area is 121 Å². The quantitative estimate of drug-likeness (QED) is 0.791. The van der Waals surface area contributed by atoms with Gasteiger partial charge in [0.15, 0.2) is 5.78 Å². The van der Waals surface area contributed by atoms with Gasteiger partial charge in [0.1, 0.15) is 11.5 Å². The van der Waals surface area contributed by atoms with Crippen LogP contribution in [0.15, 0.2) is 35.2 Å². The van der Waals surface area contributed by atoms with Crippen molar-refractivity contribution in [1.82, 2.24) is 0 Å². The second-order valence-electron chi connectivity index (χ2n) is 4.91. The van der Waals surface area contributed by atoms with E-state index in [1.54, 1.807) is 17.8 Å². The van der Waals surface area contributed by atoms with Crippen LogP contribution in [0.1, 0.15) is 27.0 Å². The fraction of sp³-hybridized carbons (Fsp3) is 0.188. The van der Waals surface area contributed by atoms with E-state index in [0.29, 0.717) is 17.5 Å². The maximum atomic E-state index is 12.4. The molecular weight excluding hydrogens is 272 g/mol. The molecule has 2 aromatic rings. The third-order valence-electron chi connectivity index (χ3n) is 3.61. The van der Waals surface area contributed by atoms with Crippen molar-refractivity contribution < 1.29 is 15.0 Å². The molecule has 102 valence electrons. The van der Waals surface area contributed by atoms with Crippen molar-refractivity contribution in [3.05, 3.63) is 52.6 Å². The Balaban J connectivity index is 2.16. The Kier molecular flexibility index (Phi) is 3.18. The maximum absolute atomic E-state index is 12.4. The molecule has 0 saturated heterocycles. The fourth-order valence-corrected chi connectivity index (χ4v) is 3.13. The van der Waals surface area contributed by atoms with E-state index >= 15 is 0 Å². The highest BCUT2D eigenvalue weighted by molar-refractivity contribution is 7.98. The number of thioether (sulfide) groups is 1. The number of rotatable bonds is 1. The number of carbonyl (C=O) groups is 1. The van der Waals surface area contributed by atoms with Crippen molar-refractivity contribution in [3.8, 4) is 11.5 Å². The number of hydrogen-bond acceptors (Lipinski definition) is 4.